The van der Waals surface area contributed by atoms with E-state index in [0.29, 0.717) is 11.2 Å². The smallest absolute Gasteiger partial charge is 0.207 e. The lowest BCUT2D eigenvalue weighted by Crippen LogP contribution is -2.04. The van der Waals surface area contributed by atoms with E-state index < -0.39 is 11.6 Å². The molecule has 2 heterocycles. The molecule has 3 rings (SSSR count). The van der Waals surface area contributed by atoms with Gasteiger partial charge >= 0.3 is 0 Å². The summed E-state index contributed by atoms with van der Waals surface area (Å²) in [6.07, 6.45) is 1.56. The lowest BCUT2D eigenvalue weighted by Gasteiger charge is -2.07. The van der Waals surface area contributed by atoms with Crippen LogP contribution in [0.3, 0.4) is 0 Å². The van der Waals surface area contributed by atoms with E-state index in [0.717, 1.165) is 16.6 Å². The Morgan fingerprint density at radius 1 is 1.21 bits per heavy atom. The molecule has 0 bridgehead atoms. The van der Waals surface area contributed by atoms with E-state index in [4.69, 9.17) is 5.73 Å². The Morgan fingerprint density at radius 2 is 2.00 bits per heavy atom. The second kappa shape index (κ2) is 4.27. The van der Waals surface area contributed by atoms with Crippen LogP contribution >= 0.6 is 15.9 Å². The number of hydrogen-bond donors (Lipinski definition) is 1. The summed E-state index contributed by atoms with van der Waals surface area (Å²) in [5, 5.41) is 0. The number of rotatable bonds is 1. The Balaban J connectivity index is 2.33. The van der Waals surface area contributed by atoms with Crippen molar-refractivity contribution in [1.82, 2.24) is 14.5 Å². The molecule has 0 aliphatic carbocycles. The molecule has 1 aromatic carbocycles. The lowest BCUT2D eigenvalue weighted by atomic mass is 10.3. The monoisotopic (exact) mass is 324 g/mol. The maximum atomic E-state index is 13.8. The third kappa shape index (κ3) is 1.95. The summed E-state index contributed by atoms with van der Waals surface area (Å²) in [6.45, 7) is 0. The van der Waals surface area contributed by atoms with Crippen LogP contribution in [0, 0.1) is 11.6 Å². The van der Waals surface area contributed by atoms with Crippen LogP contribution in [0.1, 0.15) is 0 Å². The Kier molecular flexibility index (Phi) is 2.70. The fourth-order valence-electron chi connectivity index (χ4n) is 1.86. The fourth-order valence-corrected chi connectivity index (χ4v) is 2.18. The van der Waals surface area contributed by atoms with Crippen molar-refractivity contribution < 1.29 is 8.78 Å². The Bertz CT molecular complexity index is 785. The molecule has 0 unspecified atom stereocenters. The third-order valence-corrected chi connectivity index (χ3v) is 3.07. The zero-order valence-corrected chi connectivity index (χ0v) is 11.0. The Labute approximate surface area is 115 Å². The molecule has 3 aromatic rings. The van der Waals surface area contributed by atoms with Gasteiger partial charge in [0.15, 0.2) is 5.65 Å². The Hall–Kier alpha value is -2.02. The van der Waals surface area contributed by atoms with Crippen molar-refractivity contribution in [3.05, 3.63) is 46.6 Å². The van der Waals surface area contributed by atoms with Crippen molar-refractivity contribution in [2.24, 2.45) is 0 Å². The van der Waals surface area contributed by atoms with Crippen LogP contribution in [0.25, 0.3) is 16.9 Å². The van der Waals surface area contributed by atoms with Gasteiger partial charge in [0.2, 0.25) is 5.95 Å². The summed E-state index contributed by atoms with van der Waals surface area (Å²) in [5.41, 5.74) is 6.82. The van der Waals surface area contributed by atoms with Crippen LogP contribution in [-0.2, 0) is 0 Å². The molecule has 19 heavy (non-hydrogen) atoms. The van der Waals surface area contributed by atoms with Crippen LogP contribution in [0.5, 0.6) is 0 Å². The number of nitrogen functional groups attached to an aromatic ring is 1. The molecule has 0 aliphatic rings. The SMILES string of the molecule is Nc1nc2cc(Br)cnc2n1-c1ccc(F)cc1F. The predicted molar refractivity (Wildman–Crippen MR) is 70.9 cm³/mol. The third-order valence-electron chi connectivity index (χ3n) is 2.64. The van der Waals surface area contributed by atoms with E-state index in [9.17, 15) is 8.78 Å². The first-order chi connectivity index (χ1) is 9.06. The number of halogens is 3. The molecule has 4 nitrogen and oxygen atoms in total. The van der Waals surface area contributed by atoms with Crippen molar-refractivity contribution in [3.8, 4) is 5.69 Å². The van der Waals surface area contributed by atoms with Gasteiger partial charge in [-0.15, -0.1) is 0 Å². The number of pyridine rings is 1. The molecule has 0 amide bonds. The molecule has 0 fully saturated rings. The van der Waals surface area contributed by atoms with Gasteiger partial charge in [0.25, 0.3) is 0 Å². The summed E-state index contributed by atoms with van der Waals surface area (Å²) < 4.78 is 28.8. The number of nitrogens with zero attached hydrogens (tertiary/aromatic N) is 3. The van der Waals surface area contributed by atoms with Crippen LogP contribution in [0.15, 0.2) is 34.9 Å². The summed E-state index contributed by atoms with van der Waals surface area (Å²) in [5.74, 6) is -1.29. The molecule has 2 aromatic heterocycles. The quantitative estimate of drug-likeness (QED) is 0.748. The van der Waals surface area contributed by atoms with Gasteiger partial charge in [-0.05, 0) is 34.1 Å². The molecule has 0 aliphatic heterocycles. The summed E-state index contributed by atoms with van der Waals surface area (Å²) in [4.78, 5) is 8.26. The number of nitrogens with two attached hydrogens (primary N) is 1. The van der Waals surface area contributed by atoms with E-state index in [2.05, 4.69) is 25.9 Å². The highest BCUT2D eigenvalue weighted by Gasteiger charge is 2.15. The molecule has 0 saturated carbocycles. The zero-order chi connectivity index (χ0) is 13.6. The minimum Gasteiger partial charge on any atom is -0.369 e. The highest BCUT2D eigenvalue weighted by Crippen LogP contribution is 2.25. The number of fused-ring (bicyclic) bond motifs is 1. The second-order valence-electron chi connectivity index (χ2n) is 3.90. The number of anilines is 1. The van der Waals surface area contributed by atoms with Crippen LogP contribution in [0.4, 0.5) is 14.7 Å². The van der Waals surface area contributed by atoms with Gasteiger partial charge in [0.05, 0.1) is 5.69 Å². The van der Waals surface area contributed by atoms with Gasteiger partial charge in [-0.25, -0.2) is 18.7 Å². The molecule has 2 N–H and O–H groups in total. The summed E-state index contributed by atoms with van der Waals surface area (Å²) >= 11 is 3.27. The molecule has 0 saturated heterocycles. The van der Waals surface area contributed by atoms with Crippen molar-refractivity contribution in [2.45, 2.75) is 0 Å². The fraction of sp³-hybridized carbons (Fsp3) is 0. The maximum Gasteiger partial charge on any atom is 0.207 e. The molecule has 7 heteroatoms. The van der Waals surface area contributed by atoms with Gasteiger partial charge in [-0.3, -0.25) is 4.57 Å². The first-order valence-electron chi connectivity index (χ1n) is 5.31. The molecule has 0 atom stereocenters. The van der Waals surface area contributed by atoms with Gasteiger partial charge in [0, 0.05) is 16.7 Å². The Morgan fingerprint density at radius 3 is 2.74 bits per heavy atom. The van der Waals surface area contributed by atoms with Gasteiger partial charge in [0.1, 0.15) is 17.2 Å². The lowest BCUT2D eigenvalue weighted by molar-refractivity contribution is 0.578. The number of hydrogen-bond acceptors (Lipinski definition) is 3. The minimum atomic E-state index is -0.726. The first-order valence-corrected chi connectivity index (χ1v) is 6.10. The van der Waals surface area contributed by atoms with E-state index in [1.54, 1.807) is 12.3 Å². The van der Waals surface area contributed by atoms with E-state index in [-0.39, 0.29) is 11.6 Å². The predicted octanol–water partition coefficient (Wildman–Crippen LogP) is 3.04. The van der Waals surface area contributed by atoms with Crippen molar-refractivity contribution in [3.63, 3.8) is 0 Å². The van der Waals surface area contributed by atoms with Gasteiger partial charge in [-0.1, -0.05) is 0 Å². The van der Waals surface area contributed by atoms with E-state index in [1.807, 2.05) is 0 Å². The molecular formula is C12H7BrF2N4. The second-order valence-corrected chi connectivity index (χ2v) is 4.81. The van der Waals surface area contributed by atoms with Gasteiger partial charge in [-0.2, -0.15) is 0 Å². The zero-order valence-electron chi connectivity index (χ0n) is 9.44. The van der Waals surface area contributed by atoms with Crippen molar-refractivity contribution >= 4 is 33.0 Å². The molecular weight excluding hydrogens is 318 g/mol. The molecule has 0 spiro atoms. The average Bonchev–Trinajstić information content (AvgIpc) is 2.65. The topological polar surface area (TPSA) is 56.7 Å². The maximum absolute atomic E-state index is 13.8. The standard InChI is InChI=1S/C12H7BrF2N4/c13-6-3-9-11(17-5-6)19(12(16)18-9)10-2-1-7(14)4-8(10)15/h1-5H,(H2,16,18). The number of aromatic nitrogens is 3. The molecule has 96 valence electrons. The first kappa shape index (κ1) is 12.0. The van der Waals surface area contributed by atoms with E-state index >= 15 is 0 Å². The number of imidazole rings is 1. The normalized spacial score (nSPS) is 11.1. The van der Waals surface area contributed by atoms with Crippen LogP contribution < -0.4 is 5.73 Å². The highest BCUT2D eigenvalue weighted by molar-refractivity contribution is 9.10. The van der Waals surface area contributed by atoms with Gasteiger partial charge < -0.3 is 5.73 Å². The van der Waals surface area contributed by atoms with Crippen LogP contribution in [-0.4, -0.2) is 14.5 Å². The minimum absolute atomic E-state index is 0.0890. The average molecular weight is 325 g/mol. The largest absolute Gasteiger partial charge is 0.369 e. The highest BCUT2D eigenvalue weighted by atomic mass is 79.9. The van der Waals surface area contributed by atoms with Crippen molar-refractivity contribution in [1.29, 1.82) is 0 Å². The summed E-state index contributed by atoms with van der Waals surface area (Å²) in [7, 11) is 0. The number of benzene rings is 1. The van der Waals surface area contributed by atoms with Crippen molar-refractivity contribution in [2.75, 3.05) is 5.73 Å². The van der Waals surface area contributed by atoms with Crippen LogP contribution in [0.2, 0.25) is 0 Å². The molecule has 0 radical (unpaired) electrons. The van der Waals surface area contributed by atoms with E-state index in [1.165, 1.54) is 10.6 Å². The summed E-state index contributed by atoms with van der Waals surface area (Å²) in [6, 6.07) is 4.96.